The van der Waals surface area contributed by atoms with Crippen molar-refractivity contribution in [2.45, 2.75) is 13.0 Å². The van der Waals surface area contributed by atoms with E-state index in [4.69, 9.17) is 27.9 Å². The van der Waals surface area contributed by atoms with Crippen LogP contribution in [-0.4, -0.2) is 55.4 Å². The number of benzene rings is 2. The zero-order valence-corrected chi connectivity index (χ0v) is 16.4. The number of anilines is 1. The van der Waals surface area contributed by atoms with Crippen molar-refractivity contribution in [2.75, 3.05) is 44.2 Å². The SMILES string of the molecule is Cc1cc(Cl)ccc1OC[C@@H](O)CN1CCN(c2cccc(Cl)c2)CC1. The Morgan fingerprint density at radius 2 is 1.77 bits per heavy atom. The molecular formula is C20H24Cl2N2O2. The first kappa shape index (κ1) is 19.3. The second kappa shape index (κ2) is 8.96. The highest BCUT2D eigenvalue weighted by Gasteiger charge is 2.20. The van der Waals surface area contributed by atoms with Gasteiger partial charge in [-0.1, -0.05) is 29.3 Å². The first-order valence-corrected chi connectivity index (χ1v) is 9.57. The molecule has 6 heteroatoms. The predicted octanol–water partition coefficient (Wildman–Crippen LogP) is 3.86. The molecule has 0 spiro atoms. The Bertz CT molecular complexity index is 734. The van der Waals surface area contributed by atoms with Gasteiger partial charge in [0.25, 0.3) is 0 Å². The Balaban J connectivity index is 1.44. The van der Waals surface area contributed by atoms with Crippen molar-refractivity contribution in [1.29, 1.82) is 0 Å². The third-order valence-electron chi connectivity index (χ3n) is 4.58. The van der Waals surface area contributed by atoms with Crippen LogP contribution < -0.4 is 9.64 Å². The maximum absolute atomic E-state index is 10.3. The normalized spacial score (nSPS) is 16.5. The highest BCUT2D eigenvalue weighted by atomic mass is 35.5. The van der Waals surface area contributed by atoms with Crippen LogP contribution >= 0.6 is 23.2 Å². The largest absolute Gasteiger partial charge is 0.491 e. The maximum Gasteiger partial charge on any atom is 0.122 e. The number of aryl methyl sites for hydroxylation is 1. The lowest BCUT2D eigenvalue weighted by atomic mass is 10.2. The molecule has 0 bridgehead atoms. The van der Waals surface area contributed by atoms with Gasteiger partial charge in [0.1, 0.15) is 18.5 Å². The summed E-state index contributed by atoms with van der Waals surface area (Å²) >= 11 is 12.0. The van der Waals surface area contributed by atoms with Gasteiger partial charge in [0.15, 0.2) is 0 Å². The van der Waals surface area contributed by atoms with Crippen LogP contribution in [0.3, 0.4) is 0 Å². The predicted molar refractivity (Wildman–Crippen MR) is 108 cm³/mol. The van der Waals surface area contributed by atoms with Crippen LogP contribution in [0.2, 0.25) is 10.0 Å². The van der Waals surface area contributed by atoms with E-state index < -0.39 is 6.10 Å². The van der Waals surface area contributed by atoms with Gasteiger partial charge in [-0.2, -0.15) is 0 Å². The third kappa shape index (κ3) is 5.27. The summed E-state index contributed by atoms with van der Waals surface area (Å²) in [7, 11) is 0. The van der Waals surface area contributed by atoms with Crippen LogP contribution in [0.1, 0.15) is 5.56 Å². The summed E-state index contributed by atoms with van der Waals surface area (Å²) in [6, 6.07) is 13.4. The summed E-state index contributed by atoms with van der Waals surface area (Å²) in [5.41, 5.74) is 2.12. The molecule has 2 aromatic carbocycles. The van der Waals surface area contributed by atoms with Crippen molar-refractivity contribution < 1.29 is 9.84 Å². The Hall–Kier alpha value is -1.46. The van der Waals surface area contributed by atoms with Crippen LogP contribution in [0.25, 0.3) is 0 Å². The molecule has 26 heavy (non-hydrogen) atoms. The smallest absolute Gasteiger partial charge is 0.122 e. The average Bonchev–Trinajstić information content (AvgIpc) is 2.61. The minimum atomic E-state index is -0.525. The lowest BCUT2D eigenvalue weighted by Gasteiger charge is -2.36. The molecule has 4 nitrogen and oxygen atoms in total. The number of aliphatic hydroxyl groups is 1. The topological polar surface area (TPSA) is 35.9 Å². The van der Waals surface area contributed by atoms with Crippen molar-refractivity contribution in [3.63, 3.8) is 0 Å². The van der Waals surface area contributed by atoms with Gasteiger partial charge in [-0.05, 0) is 48.9 Å². The van der Waals surface area contributed by atoms with E-state index in [9.17, 15) is 5.11 Å². The van der Waals surface area contributed by atoms with Gasteiger partial charge in [0, 0.05) is 48.5 Å². The van der Waals surface area contributed by atoms with Crippen LogP contribution in [-0.2, 0) is 0 Å². The molecule has 1 saturated heterocycles. The number of hydrogen-bond acceptors (Lipinski definition) is 4. The summed E-state index contributed by atoms with van der Waals surface area (Å²) in [6.45, 7) is 6.48. The van der Waals surface area contributed by atoms with E-state index in [0.717, 1.165) is 48.2 Å². The van der Waals surface area contributed by atoms with E-state index in [1.807, 2.05) is 37.3 Å². The number of piperazine rings is 1. The zero-order valence-electron chi connectivity index (χ0n) is 14.9. The number of nitrogens with zero attached hydrogens (tertiary/aromatic N) is 2. The molecule has 1 aliphatic heterocycles. The molecule has 0 radical (unpaired) electrons. The third-order valence-corrected chi connectivity index (χ3v) is 5.05. The summed E-state index contributed by atoms with van der Waals surface area (Å²) in [6.07, 6.45) is -0.525. The van der Waals surface area contributed by atoms with E-state index in [1.54, 1.807) is 6.07 Å². The molecule has 0 aromatic heterocycles. The zero-order chi connectivity index (χ0) is 18.5. The number of β-amino-alcohol motifs (C(OH)–C–C–N with tert-alkyl or cyclic N) is 1. The summed E-state index contributed by atoms with van der Waals surface area (Å²) in [5, 5.41) is 11.8. The molecule has 140 valence electrons. The molecular weight excluding hydrogens is 371 g/mol. The summed E-state index contributed by atoms with van der Waals surface area (Å²) < 4.78 is 5.74. The lowest BCUT2D eigenvalue weighted by Crippen LogP contribution is -2.49. The Morgan fingerprint density at radius 3 is 2.46 bits per heavy atom. The Kier molecular flexibility index (Phi) is 6.65. The number of ether oxygens (including phenoxy) is 1. The van der Waals surface area contributed by atoms with Crippen LogP contribution in [0.15, 0.2) is 42.5 Å². The molecule has 1 aliphatic rings. The lowest BCUT2D eigenvalue weighted by molar-refractivity contribution is 0.0661. The Morgan fingerprint density at radius 1 is 1.04 bits per heavy atom. The van der Waals surface area contributed by atoms with Gasteiger partial charge in [0.2, 0.25) is 0 Å². The number of halogens is 2. The number of hydrogen-bond donors (Lipinski definition) is 1. The van der Waals surface area contributed by atoms with Gasteiger partial charge in [-0.15, -0.1) is 0 Å². The summed E-state index contributed by atoms with van der Waals surface area (Å²) in [4.78, 5) is 4.59. The maximum atomic E-state index is 10.3. The first-order valence-electron chi connectivity index (χ1n) is 8.81. The molecule has 1 heterocycles. The van der Waals surface area contributed by atoms with E-state index in [1.165, 1.54) is 0 Å². The fourth-order valence-corrected chi connectivity index (χ4v) is 3.58. The van der Waals surface area contributed by atoms with Crippen LogP contribution in [0.4, 0.5) is 5.69 Å². The van der Waals surface area contributed by atoms with Gasteiger partial charge in [0.05, 0.1) is 0 Å². The minimum absolute atomic E-state index is 0.275. The Labute approximate surface area is 164 Å². The fraction of sp³-hybridized carbons (Fsp3) is 0.400. The van der Waals surface area contributed by atoms with Gasteiger partial charge in [-0.25, -0.2) is 0 Å². The molecule has 3 rings (SSSR count). The van der Waals surface area contributed by atoms with E-state index in [2.05, 4.69) is 15.9 Å². The van der Waals surface area contributed by atoms with E-state index in [0.29, 0.717) is 11.6 Å². The van der Waals surface area contributed by atoms with Gasteiger partial charge in [-0.3, -0.25) is 4.90 Å². The standard InChI is InChI=1S/C20H24Cl2N2O2/c1-15-11-17(22)5-6-20(15)26-14-19(25)13-23-7-9-24(10-8-23)18-4-2-3-16(21)12-18/h2-6,11-12,19,25H,7-10,13-14H2,1H3/t19-/m0/s1. The molecule has 0 amide bonds. The second-order valence-electron chi connectivity index (χ2n) is 6.64. The van der Waals surface area contributed by atoms with Crippen molar-refractivity contribution in [3.05, 3.63) is 58.1 Å². The minimum Gasteiger partial charge on any atom is -0.491 e. The molecule has 0 unspecified atom stereocenters. The van der Waals surface area contributed by atoms with Gasteiger partial charge >= 0.3 is 0 Å². The highest BCUT2D eigenvalue weighted by Crippen LogP contribution is 2.22. The monoisotopic (exact) mass is 394 g/mol. The molecule has 0 saturated carbocycles. The summed E-state index contributed by atoms with van der Waals surface area (Å²) in [5.74, 6) is 0.763. The van der Waals surface area contributed by atoms with Gasteiger partial charge < -0.3 is 14.7 Å². The molecule has 1 atom stereocenters. The second-order valence-corrected chi connectivity index (χ2v) is 7.52. The van der Waals surface area contributed by atoms with Crippen LogP contribution in [0.5, 0.6) is 5.75 Å². The molecule has 0 aliphatic carbocycles. The number of aliphatic hydroxyl groups excluding tert-OH is 1. The molecule has 2 aromatic rings. The number of rotatable bonds is 6. The first-order chi connectivity index (χ1) is 12.5. The van der Waals surface area contributed by atoms with Crippen molar-refractivity contribution in [1.82, 2.24) is 4.90 Å². The molecule has 1 fully saturated rings. The quantitative estimate of drug-likeness (QED) is 0.806. The van der Waals surface area contributed by atoms with Crippen molar-refractivity contribution in [3.8, 4) is 5.75 Å². The van der Waals surface area contributed by atoms with Crippen molar-refractivity contribution >= 4 is 28.9 Å². The van der Waals surface area contributed by atoms with Crippen molar-refractivity contribution in [2.24, 2.45) is 0 Å². The molecule has 1 N–H and O–H groups in total. The van der Waals surface area contributed by atoms with Crippen LogP contribution in [0, 0.1) is 6.92 Å². The van der Waals surface area contributed by atoms with E-state index in [-0.39, 0.29) is 6.61 Å². The van der Waals surface area contributed by atoms with E-state index >= 15 is 0 Å². The average molecular weight is 395 g/mol. The fourth-order valence-electron chi connectivity index (χ4n) is 3.17. The highest BCUT2D eigenvalue weighted by molar-refractivity contribution is 6.31.